The standard InChI is InChI=1S/C12H22N2/c1-9-4-5-12(11(3)6-9)14-8-10(2)7-13/h9-12,14H,4-6,8H2,1-3H3. The molecule has 1 fully saturated rings. The summed E-state index contributed by atoms with van der Waals surface area (Å²) in [6.45, 7) is 7.48. The van der Waals surface area contributed by atoms with Crippen LogP contribution in [0.5, 0.6) is 0 Å². The van der Waals surface area contributed by atoms with E-state index in [-0.39, 0.29) is 5.92 Å². The Morgan fingerprint density at radius 3 is 2.71 bits per heavy atom. The van der Waals surface area contributed by atoms with Gasteiger partial charge in [-0.3, -0.25) is 0 Å². The van der Waals surface area contributed by atoms with E-state index in [9.17, 15) is 0 Å². The Bertz CT molecular complexity index is 207. The van der Waals surface area contributed by atoms with E-state index in [0.29, 0.717) is 6.04 Å². The van der Waals surface area contributed by atoms with Gasteiger partial charge in [0.05, 0.1) is 12.0 Å². The molecule has 14 heavy (non-hydrogen) atoms. The Labute approximate surface area is 87.7 Å². The van der Waals surface area contributed by atoms with Crippen molar-refractivity contribution >= 4 is 0 Å². The molecular weight excluding hydrogens is 172 g/mol. The molecule has 0 radical (unpaired) electrons. The van der Waals surface area contributed by atoms with Crippen LogP contribution in [0.15, 0.2) is 0 Å². The molecule has 2 heteroatoms. The van der Waals surface area contributed by atoms with Crippen molar-refractivity contribution in [1.29, 1.82) is 5.26 Å². The maximum absolute atomic E-state index is 8.68. The highest BCUT2D eigenvalue weighted by Crippen LogP contribution is 2.28. The first kappa shape index (κ1) is 11.5. The van der Waals surface area contributed by atoms with Gasteiger partial charge in [-0.1, -0.05) is 13.8 Å². The van der Waals surface area contributed by atoms with Gasteiger partial charge in [0.25, 0.3) is 0 Å². The molecule has 4 atom stereocenters. The van der Waals surface area contributed by atoms with Gasteiger partial charge in [-0.05, 0) is 38.0 Å². The summed E-state index contributed by atoms with van der Waals surface area (Å²) < 4.78 is 0. The summed E-state index contributed by atoms with van der Waals surface area (Å²) >= 11 is 0. The second kappa shape index (κ2) is 5.36. The summed E-state index contributed by atoms with van der Waals surface area (Å²) in [5, 5.41) is 12.2. The topological polar surface area (TPSA) is 35.8 Å². The molecular formula is C12H22N2. The highest BCUT2D eigenvalue weighted by Gasteiger charge is 2.24. The van der Waals surface area contributed by atoms with Crippen LogP contribution in [0.1, 0.15) is 40.0 Å². The minimum absolute atomic E-state index is 0.140. The normalized spacial score (nSPS) is 34.9. The number of nitriles is 1. The lowest BCUT2D eigenvalue weighted by molar-refractivity contribution is 0.226. The monoisotopic (exact) mass is 194 g/mol. The SMILES string of the molecule is CC(C#N)CNC1CCC(C)CC1C. The summed E-state index contributed by atoms with van der Waals surface area (Å²) in [4.78, 5) is 0. The van der Waals surface area contributed by atoms with Gasteiger partial charge in [-0.2, -0.15) is 5.26 Å². The highest BCUT2D eigenvalue weighted by molar-refractivity contribution is 4.85. The molecule has 1 aliphatic carbocycles. The van der Waals surface area contributed by atoms with E-state index in [2.05, 4.69) is 25.2 Å². The van der Waals surface area contributed by atoms with Crippen molar-refractivity contribution in [3.05, 3.63) is 0 Å². The van der Waals surface area contributed by atoms with Crippen LogP contribution >= 0.6 is 0 Å². The number of rotatable bonds is 3. The summed E-state index contributed by atoms with van der Waals surface area (Å²) in [6.07, 6.45) is 3.95. The van der Waals surface area contributed by atoms with Crippen molar-refractivity contribution in [2.24, 2.45) is 17.8 Å². The first-order valence-corrected chi connectivity index (χ1v) is 5.76. The first-order chi connectivity index (χ1) is 6.63. The molecule has 0 aromatic carbocycles. The summed E-state index contributed by atoms with van der Waals surface area (Å²) in [7, 11) is 0. The van der Waals surface area contributed by atoms with Crippen molar-refractivity contribution in [2.45, 2.75) is 46.1 Å². The lowest BCUT2D eigenvalue weighted by atomic mass is 9.80. The Hall–Kier alpha value is -0.550. The minimum atomic E-state index is 0.140. The lowest BCUT2D eigenvalue weighted by Gasteiger charge is -2.33. The van der Waals surface area contributed by atoms with E-state index in [1.54, 1.807) is 0 Å². The van der Waals surface area contributed by atoms with Gasteiger partial charge in [0.2, 0.25) is 0 Å². The predicted octanol–water partition coefficient (Wildman–Crippen LogP) is 2.56. The summed E-state index contributed by atoms with van der Waals surface area (Å²) in [5.41, 5.74) is 0. The molecule has 0 spiro atoms. The highest BCUT2D eigenvalue weighted by atomic mass is 14.9. The van der Waals surface area contributed by atoms with Gasteiger partial charge in [0.1, 0.15) is 0 Å². The van der Waals surface area contributed by atoms with Crippen LogP contribution < -0.4 is 5.32 Å². The molecule has 0 saturated heterocycles. The number of nitrogens with one attached hydrogen (secondary N) is 1. The molecule has 1 saturated carbocycles. The molecule has 0 aromatic heterocycles. The van der Waals surface area contributed by atoms with Crippen LogP contribution in [-0.2, 0) is 0 Å². The predicted molar refractivity (Wildman–Crippen MR) is 58.7 cm³/mol. The molecule has 1 rings (SSSR count). The van der Waals surface area contributed by atoms with Crippen molar-refractivity contribution in [3.63, 3.8) is 0 Å². The second-order valence-electron chi connectivity index (χ2n) is 4.94. The van der Waals surface area contributed by atoms with Gasteiger partial charge in [0.15, 0.2) is 0 Å². The van der Waals surface area contributed by atoms with E-state index >= 15 is 0 Å². The van der Waals surface area contributed by atoms with Gasteiger partial charge >= 0.3 is 0 Å². The van der Waals surface area contributed by atoms with Crippen LogP contribution in [0.25, 0.3) is 0 Å². The molecule has 2 nitrogen and oxygen atoms in total. The van der Waals surface area contributed by atoms with Crippen LogP contribution in [0.3, 0.4) is 0 Å². The Kier molecular flexibility index (Phi) is 4.41. The van der Waals surface area contributed by atoms with Crippen molar-refractivity contribution < 1.29 is 0 Å². The number of hydrogen-bond donors (Lipinski definition) is 1. The average molecular weight is 194 g/mol. The maximum atomic E-state index is 8.68. The Morgan fingerprint density at radius 2 is 2.14 bits per heavy atom. The van der Waals surface area contributed by atoms with Crippen LogP contribution in [0, 0.1) is 29.1 Å². The third-order valence-corrected chi connectivity index (χ3v) is 3.34. The first-order valence-electron chi connectivity index (χ1n) is 5.76. The van der Waals surface area contributed by atoms with Crippen LogP contribution in [0.4, 0.5) is 0 Å². The van der Waals surface area contributed by atoms with Crippen molar-refractivity contribution in [3.8, 4) is 6.07 Å². The molecule has 4 unspecified atom stereocenters. The van der Waals surface area contributed by atoms with E-state index in [0.717, 1.165) is 18.4 Å². The molecule has 0 bridgehead atoms. The molecule has 0 amide bonds. The number of hydrogen-bond acceptors (Lipinski definition) is 2. The van der Waals surface area contributed by atoms with Crippen molar-refractivity contribution in [1.82, 2.24) is 5.32 Å². The molecule has 0 aromatic rings. The van der Waals surface area contributed by atoms with Crippen LogP contribution in [-0.4, -0.2) is 12.6 Å². The fourth-order valence-electron chi connectivity index (χ4n) is 2.34. The van der Waals surface area contributed by atoms with Gasteiger partial charge in [0, 0.05) is 12.6 Å². The summed E-state index contributed by atoms with van der Waals surface area (Å²) in [6, 6.07) is 2.91. The maximum Gasteiger partial charge on any atom is 0.0666 e. The zero-order valence-corrected chi connectivity index (χ0v) is 9.59. The molecule has 1 aliphatic rings. The fraction of sp³-hybridized carbons (Fsp3) is 0.917. The zero-order chi connectivity index (χ0) is 10.6. The van der Waals surface area contributed by atoms with E-state index in [1.165, 1.54) is 19.3 Å². The smallest absolute Gasteiger partial charge is 0.0666 e. The van der Waals surface area contributed by atoms with Gasteiger partial charge in [-0.25, -0.2) is 0 Å². The van der Waals surface area contributed by atoms with E-state index in [4.69, 9.17) is 5.26 Å². The summed E-state index contributed by atoms with van der Waals surface area (Å²) in [5.74, 6) is 1.79. The number of nitrogens with zero attached hydrogens (tertiary/aromatic N) is 1. The van der Waals surface area contributed by atoms with E-state index < -0.39 is 0 Å². The zero-order valence-electron chi connectivity index (χ0n) is 9.59. The van der Waals surface area contributed by atoms with Gasteiger partial charge in [-0.15, -0.1) is 0 Å². The quantitative estimate of drug-likeness (QED) is 0.749. The molecule has 0 aliphatic heterocycles. The van der Waals surface area contributed by atoms with Gasteiger partial charge < -0.3 is 5.32 Å². The third kappa shape index (κ3) is 3.31. The molecule has 1 N–H and O–H groups in total. The third-order valence-electron chi connectivity index (χ3n) is 3.34. The second-order valence-corrected chi connectivity index (χ2v) is 4.94. The Morgan fingerprint density at radius 1 is 1.43 bits per heavy atom. The fourth-order valence-corrected chi connectivity index (χ4v) is 2.34. The van der Waals surface area contributed by atoms with Crippen LogP contribution in [0.2, 0.25) is 0 Å². The average Bonchev–Trinajstić information content (AvgIpc) is 2.16. The lowest BCUT2D eigenvalue weighted by Crippen LogP contribution is -2.40. The molecule has 80 valence electrons. The molecule has 0 heterocycles. The Balaban J connectivity index is 2.28. The minimum Gasteiger partial charge on any atom is -0.312 e. The largest absolute Gasteiger partial charge is 0.312 e. The van der Waals surface area contributed by atoms with E-state index in [1.807, 2.05) is 6.92 Å². The van der Waals surface area contributed by atoms with Crippen molar-refractivity contribution in [2.75, 3.05) is 6.54 Å².